The fourth-order valence-electron chi connectivity index (χ4n) is 3.38. The first-order chi connectivity index (χ1) is 12.3. The van der Waals surface area contributed by atoms with Crippen molar-refractivity contribution in [1.29, 1.82) is 0 Å². The molecule has 9 heteroatoms. The maximum atomic E-state index is 12.8. The molecule has 134 valence electrons. The second-order valence-corrected chi connectivity index (χ2v) is 6.90. The Kier molecular flexibility index (Phi) is 3.30. The molecule has 0 radical (unpaired) electrons. The lowest BCUT2D eigenvalue weighted by molar-refractivity contribution is -0.384. The second-order valence-electron chi connectivity index (χ2n) is 6.90. The second kappa shape index (κ2) is 5.32. The number of non-ortho nitro benzene ring substituents is 1. The van der Waals surface area contributed by atoms with Crippen LogP contribution in [0.1, 0.15) is 36.6 Å². The van der Waals surface area contributed by atoms with Crippen molar-refractivity contribution in [2.45, 2.75) is 32.4 Å². The Morgan fingerprint density at radius 3 is 2.58 bits per heavy atom. The smallest absolute Gasteiger partial charge is 0.269 e. The average molecular weight is 355 g/mol. The highest BCUT2D eigenvalue weighted by Crippen LogP contribution is 2.44. The summed E-state index contributed by atoms with van der Waals surface area (Å²) in [6.07, 6.45) is 0. The first kappa shape index (κ1) is 16.1. The predicted octanol–water partition coefficient (Wildman–Crippen LogP) is 1.82. The van der Waals surface area contributed by atoms with Gasteiger partial charge in [0.15, 0.2) is 0 Å². The maximum Gasteiger partial charge on any atom is 0.269 e. The summed E-state index contributed by atoms with van der Waals surface area (Å²) in [5, 5.41) is 24.1. The Balaban J connectivity index is 1.89. The molecule has 0 spiro atoms. The Labute approximate surface area is 148 Å². The van der Waals surface area contributed by atoms with Gasteiger partial charge in [-0.25, -0.2) is 0 Å². The molecule has 4 rings (SSSR count). The quantitative estimate of drug-likeness (QED) is 0.558. The third kappa shape index (κ3) is 2.40. The monoisotopic (exact) mass is 355 g/mol. The molecular formula is C17H17N5O4. The van der Waals surface area contributed by atoms with E-state index in [0.717, 1.165) is 16.8 Å². The van der Waals surface area contributed by atoms with E-state index in [-0.39, 0.29) is 11.6 Å². The molecule has 0 saturated heterocycles. The SMILES string of the molecule is Cc1[nH]nc2c1C(c1ccc([N+](=O)[O-])cc1)C1=C(NC(C)(C)NC1=O)O2. The lowest BCUT2D eigenvalue weighted by Gasteiger charge is -2.39. The van der Waals surface area contributed by atoms with Gasteiger partial charge in [-0.15, -0.1) is 5.10 Å². The summed E-state index contributed by atoms with van der Waals surface area (Å²) in [5.41, 5.74) is 2.01. The van der Waals surface area contributed by atoms with Gasteiger partial charge in [0.25, 0.3) is 11.6 Å². The van der Waals surface area contributed by atoms with Crippen molar-refractivity contribution < 1.29 is 14.5 Å². The zero-order valence-corrected chi connectivity index (χ0v) is 14.4. The van der Waals surface area contributed by atoms with E-state index in [2.05, 4.69) is 20.8 Å². The molecule has 2 aliphatic heterocycles. The van der Waals surface area contributed by atoms with Crippen molar-refractivity contribution in [3.63, 3.8) is 0 Å². The zero-order chi connectivity index (χ0) is 18.6. The van der Waals surface area contributed by atoms with Gasteiger partial charge in [0.05, 0.1) is 16.4 Å². The Hall–Kier alpha value is -3.36. The molecule has 9 nitrogen and oxygen atoms in total. The molecule has 0 fully saturated rings. The number of ether oxygens (including phenoxy) is 1. The average Bonchev–Trinajstić information content (AvgIpc) is 2.93. The summed E-state index contributed by atoms with van der Waals surface area (Å²) in [6.45, 7) is 5.49. The van der Waals surface area contributed by atoms with Crippen LogP contribution in [0, 0.1) is 17.0 Å². The lowest BCUT2D eigenvalue weighted by atomic mass is 9.82. The van der Waals surface area contributed by atoms with Crippen LogP contribution < -0.4 is 15.4 Å². The van der Waals surface area contributed by atoms with Crippen LogP contribution in [-0.2, 0) is 4.79 Å². The fraction of sp³-hybridized carbons (Fsp3) is 0.294. The number of aryl methyl sites for hydroxylation is 1. The topological polar surface area (TPSA) is 122 Å². The molecular weight excluding hydrogens is 338 g/mol. The van der Waals surface area contributed by atoms with Gasteiger partial charge in [-0.3, -0.25) is 20.0 Å². The first-order valence-electron chi connectivity index (χ1n) is 8.09. The summed E-state index contributed by atoms with van der Waals surface area (Å²) in [7, 11) is 0. The van der Waals surface area contributed by atoms with Crippen molar-refractivity contribution in [2.24, 2.45) is 0 Å². The van der Waals surface area contributed by atoms with Gasteiger partial charge in [0, 0.05) is 23.4 Å². The van der Waals surface area contributed by atoms with Crippen LogP contribution in [0.2, 0.25) is 0 Å². The van der Waals surface area contributed by atoms with Crippen molar-refractivity contribution >= 4 is 11.6 Å². The Morgan fingerprint density at radius 2 is 1.92 bits per heavy atom. The number of nitrogens with zero attached hydrogens (tertiary/aromatic N) is 2. The van der Waals surface area contributed by atoms with Crippen LogP contribution in [0.25, 0.3) is 0 Å². The van der Waals surface area contributed by atoms with E-state index in [0.29, 0.717) is 17.3 Å². The number of rotatable bonds is 2. The predicted molar refractivity (Wildman–Crippen MR) is 91.3 cm³/mol. The highest BCUT2D eigenvalue weighted by molar-refractivity contribution is 5.98. The van der Waals surface area contributed by atoms with Gasteiger partial charge in [-0.2, -0.15) is 0 Å². The van der Waals surface area contributed by atoms with Crippen molar-refractivity contribution in [3.8, 4) is 5.88 Å². The number of nitro benzene ring substituents is 1. The number of benzene rings is 1. The van der Waals surface area contributed by atoms with Crippen LogP contribution in [0.4, 0.5) is 5.69 Å². The summed E-state index contributed by atoms with van der Waals surface area (Å²) in [6, 6.07) is 6.17. The van der Waals surface area contributed by atoms with Gasteiger partial charge in [0.2, 0.25) is 11.8 Å². The molecule has 1 amide bonds. The Bertz CT molecular complexity index is 958. The number of nitrogens with one attached hydrogen (secondary N) is 3. The van der Waals surface area contributed by atoms with E-state index < -0.39 is 16.5 Å². The minimum absolute atomic E-state index is 0.00787. The number of nitro groups is 1. The van der Waals surface area contributed by atoms with E-state index in [1.165, 1.54) is 12.1 Å². The molecule has 26 heavy (non-hydrogen) atoms. The van der Waals surface area contributed by atoms with E-state index in [1.807, 2.05) is 20.8 Å². The highest BCUT2D eigenvalue weighted by atomic mass is 16.6. The minimum atomic E-state index is -0.668. The molecule has 0 aliphatic carbocycles. The van der Waals surface area contributed by atoms with Gasteiger partial charge < -0.3 is 15.4 Å². The number of hydrogen-bond acceptors (Lipinski definition) is 6. The van der Waals surface area contributed by atoms with Crippen molar-refractivity contribution in [1.82, 2.24) is 20.8 Å². The number of hydrogen-bond donors (Lipinski definition) is 3. The van der Waals surface area contributed by atoms with E-state index in [4.69, 9.17) is 4.74 Å². The summed E-state index contributed by atoms with van der Waals surface area (Å²) in [4.78, 5) is 23.3. The van der Waals surface area contributed by atoms with Gasteiger partial charge >= 0.3 is 0 Å². The third-order valence-electron chi connectivity index (χ3n) is 4.51. The van der Waals surface area contributed by atoms with E-state index in [9.17, 15) is 14.9 Å². The fourth-order valence-corrected chi connectivity index (χ4v) is 3.38. The number of carbonyl (C=O) groups excluding carboxylic acids is 1. The normalized spacial score (nSPS) is 20.4. The molecule has 1 aromatic heterocycles. The van der Waals surface area contributed by atoms with Crippen LogP contribution in [0.5, 0.6) is 5.88 Å². The van der Waals surface area contributed by atoms with Crippen LogP contribution >= 0.6 is 0 Å². The number of fused-ring (bicyclic) bond motifs is 1. The molecule has 3 N–H and O–H groups in total. The van der Waals surface area contributed by atoms with Crippen molar-refractivity contribution in [2.75, 3.05) is 0 Å². The number of amides is 1. The zero-order valence-electron chi connectivity index (χ0n) is 14.4. The summed E-state index contributed by atoms with van der Waals surface area (Å²) >= 11 is 0. The molecule has 1 aromatic carbocycles. The largest absolute Gasteiger partial charge is 0.421 e. The van der Waals surface area contributed by atoms with Gasteiger partial charge in [-0.1, -0.05) is 12.1 Å². The van der Waals surface area contributed by atoms with Crippen LogP contribution in [-0.4, -0.2) is 26.7 Å². The molecule has 0 saturated carbocycles. The summed E-state index contributed by atoms with van der Waals surface area (Å²) in [5.74, 6) is 0.0407. The highest BCUT2D eigenvalue weighted by Gasteiger charge is 2.43. The molecule has 1 unspecified atom stereocenters. The van der Waals surface area contributed by atoms with Gasteiger partial charge in [0.1, 0.15) is 5.66 Å². The summed E-state index contributed by atoms with van der Waals surface area (Å²) < 4.78 is 5.83. The first-order valence-corrected chi connectivity index (χ1v) is 8.09. The van der Waals surface area contributed by atoms with E-state index >= 15 is 0 Å². The maximum absolute atomic E-state index is 12.8. The standard InChI is InChI=1S/C17H17N5O4/c1-8-11-12(9-4-6-10(7-5-9)22(24)25)13-14(23)18-17(2,3)19-15(13)26-16(11)21-20-8/h4-7,12,19H,1-3H3,(H,18,23)(H,20,21). The third-order valence-corrected chi connectivity index (χ3v) is 4.51. The number of aromatic nitrogens is 2. The van der Waals surface area contributed by atoms with Gasteiger partial charge in [-0.05, 0) is 26.3 Å². The van der Waals surface area contributed by atoms with Crippen LogP contribution in [0.3, 0.4) is 0 Å². The molecule has 3 heterocycles. The number of carbonyl (C=O) groups is 1. The minimum Gasteiger partial charge on any atom is -0.421 e. The number of aromatic amines is 1. The molecule has 0 bridgehead atoms. The lowest BCUT2D eigenvalue weighted by Crippen LogP contribution is -2.60. The van der Waals surface area contributed by atoms with Crippen molar-refractivity contribution in [3.05, 3.63) is 62.7 Å². The molecule has 2 aliphatic rings. The molecule has 1 atom stereocenters. The molecule has 2 aromatic rings. The van der Waals surface area contributed by atoms with Crippen LogP contribution in [0.15, 0.2) is 35.7 Å². The Morgan fingerprint density at radius 1 is 1.23 bits per heavy atom. The number of H-pyrrole nitrogens is 1. The van der Waals surface area contributed by atoms with E-state index in [1.54, 1.807) is 12.1 Å².